The molecule has 2 N–H and O–H groups in total. The smallest absolute Gasteiger partial charge is 0.264 e. The van der Waals surface area contributed by atoms with E-state index < -0.39 is 22.5 Å². The van der Waals surface area contributed by atoms with Gasteiger partial charge in [0.25, 0.3) is 11.8 Å². The van der Waals surface area contributed by atoms with Gasteiger partial charge >= 0.3 is 0 Å². The lowest BCUT2D eigenvalue weighted by molar-refractivity contribution is -0.162. The topological polar surface area (TPSA) is 81.1 Å². The van der Waals surface area contributed by atoms with Crippen molar-refractivity contribution in [2.75, 3.05) is 32.7 Å². The number of hydrogen-bond acceptors (Lipinski definition) is 6. The molecule has 2 heterocycles. The lowest BCUT2D eigenvalue weighted by Crippen LogP contribution is -2.73. The average Bonchev–Trinajstić information content (AvgIpc) is 2.91. The first-order valence-electron chi connectivity index (χ1n) is 7.29. The normalized spacial score (nSPS) is 39.4. The average molecular weight is 356 g/mol. The zero-order valence-corrected chi connectivity index (χ0v) is 14.9. The number of piperazine rings is 1. The molecule has 0 radical (unpaired) electrons. The molecule has 6 nitrogen and oxygen atoms in total. The quantitative estimate of drug-likeness (QED) is 0.734. The standard InChI is InChI=1S/C15H20N2O4S2/c1-16-13(21)15(23-3)10-5-4-6-11(19)9(10)7-17(15)12(20)14(16,8-18)22-2/h4-6,9,11,18-19H,7-8H2,1-3H3/t9-,11-,14+,15+/m0/s1. The summed E-state index contributed by atoms with van der Waals surface area (Å²) in [6.07, 6.45) is 8.03. The molecule has 23 heavy (non-hydrogen) atoms. The number of aliphatic hydroxyl groups excluding tert-OH is 2. The predicted molar refractivity (Wildman–Crippen MR) is 90.8 cm³/mol. The van der Waals surface area contributed by atoms with Crippen LogP contribution in [0.25, 0.3) is 0 Å². The van der Waals surface area contributed by atoms with E-state index in [1.54, 1.807) is 36.6 Å². The van der Waals surface area contributed by atoms with E-state index in [0.717, 1.165) is 17.3 Å². The van der Waals surface area contributed by atoms with Crippen molar-refractivity contribution < 1.29 is 19.8 Å². The maximum absolute atomic E-state index is 13.2. The summed E-state index contributed by atoms with van der Waals surface area (Å²) in [6, 6.07) is 0. The zero-order valence-electron chi connectivity index (χ0n) is 13.2. The first kappa shape index (κ1) is 16.9. The lowest BCUT2D eigenvalue weighted by Gasteiger charge is -2.52. The third kappa shape index (κ3) is 1.86. The Bertz CT molecular complexity index is 617. The van der Waals surface area contributed by atoms with Gasteiger partial charge in [0.2, 0.25) is 0 Å². The SMILES string of the molecule is CS[C@]12C(=O)N(C)[C@](CO)(SC)C(=O)N1C[C@H]1C2=CC=C[C@@H]1O. The van der Waals surface area contributed by atoms with Crippen molar-refractivity contribution in [2.45, 2.75) is 15.8 Å². The van der Waals surface area contributed by atoms with Crippen molar-refractivity contribution >= 4 is 35.3 Å². The van der Waals surface area contributed by atoms with Gasteiger partial charge in [0.15, 0.2) is 9.74 Å². The molecule has 0 aromatic heterocycles. The van der Waals surface area contributed by atoms with Crippen molar-refractivity contribution in [1.82, 2.24) is 9.80 Å². The summed E-state index contributed by atoms with van der Waals surface area (Å²) in [6.45, 7) is -0.167. The first-order chi connectivity index (χ1) is 10.9. The maximum atomic E-state index is 13.2. The second kappa shape index (κ2) is 5.54. The number of hydrogen-bond donors (Lipinski definition) is 2. The summed E-state index contributed by atoms with van der Waals surface area (Å²) in [4.78, 5) is 26.9. The third-order valence-electron chi connectivity index (χ3n) is 5.11. The zero-order chi connectivity index (χ0) is 17.0. The van der Waals surface area contributed by atoms with Crippen LogP contribution in [0.1, 0.15) is 0 Å². The monoisotopic (exact) mass is 356 g/mol. The van der Waals surface area contributed by atoms with Gasteiger partial charge in [-0.15, -0.1) is 23.5 Å². The molecule has 0 aromatic rings. The van der Waals surface area contributed by atoms with E-state index in [1.165, 1.54) is 16.7 Å². The third-order valence-corrected chi connectivity index (χ3v) is 7.58. The number of nitrogens with zero attached hydrogens (tertiary/aromatic N) is 2. The van der Waals surface area contributed by atoms with Crippen LogP contribution in [0.15, 0.2) is 23.8 Å². The van der Waals surface area contributed by atoms with E-state index in [2.05, 4.69) is 0 Å². The highest BCUT2D eigenvalue weighted by Crippen LogP contribution is 2.53. The number of carbonyl (C=O) groups excluding carboxylic acids is 2. The van der Waals surface area contributed by atoms with E-state index in [1.807, 2.05) is 6.08 Å². The molecule has 2 saturated heterocycles. The highest BCUT2D eigenvalue weighted by Gasteiger charge is 2.67. The van der Waals surface area contributed by atoms with Crippen LogP contribution in [0.2, 0.25) is 0 Å². The second-order valence-electron chi connectivity index (χ2n) is 5.88. The summed E-state index contributed by atoms with van der Waals surface area (Å²) >= 11 is 2.46. The Balaban J connectivity index is 2.18. The number of carbonyl (C=O) groups is 2. The molecule has 0 aromatic carbocycles. The lowest BCUT2D eigenvalue weighted by atomic mass is 9.87. The minimum Gasteiger partial charge on any atom is -0.392 e. The molecule has 2 aliphatic heterocycles. The molecule has 126 valence electrons. The number of aliphatic hydroxyl groups is 2. The summed E-state index contributed by atoms with van der Waals surface area (Å²) in [7, 11) is 1.56. The molecular weight excluding hydrogens is 336 g/mol. The molecule has 0 unspecified atom stereocenters. The number of likely N-dealkylation sites (N-methyl/N-ethyl adjacent to an activating group) is 1. The Morgan fingerprint density at radius 3 is 2.57 bits per heavy atom. The fraction of sp³-hybridized carbons (Fsp3) is 0.600. The predicted octanol–water partition coefficient (Wildman–Crippen LogP) is -0.115. The van der Waals surface area contributed by atoms with E-state index in [4.69, 9.17) is 0 Å². The Hall–Kier alpha value is -0.960. The molecular formula is C15H20N2O4S2. The molecule has 0 bridgehead atoms. The van der Waals surface area contributed by atoms with Crippen molar-refractivity contribution in [3.63, 3.8) is 0 Å². The largest absolute Gasteiger partial charge is 0.392 e. The van der Waals surface area contributed by atoms with Crippen LogP contribution in [0.4, 0.5) is 0 Å². The molecule has 2 amide bonds. The fourth-order valence-corrected chi connectivity index (χ4v) is 5.67. The highest BCUT2D eigenvalue weighted by atomic mass is 32.2. The Morgan fingerprint density at radius 1 is 1.30 bits per heavy atom. The molecule has 0 saturated carbocycles. The summed E-state index contributed by atoms with van der Waals surface area (Å²) in [5.41, 5.74) is 0.762. The highest BCUT2D eigenvalue weighted by molar-refractivity contribution is 8.01. The van der Waals surface area contributed by atoms with Gasteiger partial charge in [0, 0.05) is 19.5 Å². The number of thioether (sulfide) groups is 2. The van der Waals surface area contributed by atoms with Gasteiger partial charge in [-0.1, -0.05) is 18.2 Å². The summed E-state index contributed by atoms with van der Waals surface area (Å²) in [5, 5.41) is 20.1. The Morgan fingerprint density at radius 2 is 2.00 bits per heavy atom. The molecule has 3 rings (SSSR count). The van der Waals surface area contributed by atoms with E-state index >= 15 is 0 Å². The van der Waals surface area contributed by atoms with E-state index in [-0.39, 0.29) is 24.3 Å². The van der Waals surface area contributed by atoms with E-state index in [9.17, 15) is 19.8 Å². The second-order valence-corrected chi connectivity index (χ2v) is 7.96. The van der Waals surface area contributed by atoms with Gasteiger partial charge in [-0.25, -0.2) is 0 Å². The van der Waals surface area contributed by atoms with Gasteiger partial charge in [0.05, 0.1) is 12.7 Å². The molecule has 1 aliphatic carbocycles. The van der Waals surface area contributed by atoms with Crippen LogP contribution in [-0.4, -0.2) is 80.4 Å². The maximum Gasteiger partial charge on any atom is 0.264 e. The van der Waals surface area contributed by atoms with Crippen molar-refractivity contribution in [2.24, 2.45) is 5.92 Å². The molecule has 3 aliphatic rings. The van der Waals surface area contributed by atoms with E-state index in [0.29, 0.717) is 0 Å². The van der Waals surface area contributed by atoms with Gasteiger partial charge in [-0.05, 0) is 18.1 Å². The van der Waals surface area contributed by atoms with Crippen LogP contribution >= 0.6 is 23.5 Å². The molecule has 2 fully saturated rings. The number of amides is 2. The van der Waals surface area contributed by atoms with Crippen LogP contribution in [0, 0.1) is 5.92 Å². The fourth-order valence-electron chi connectivity index (χ4n) is 3.75. The van der Waals surface area contributed by atoms with Crippen LogP contribution in [-0.2, 0) is 9.59 Å². The van der Waals surface area contributed by atoms with Crippen LogP contribution < -0.4 is 0 Å². The van der Waals surface area contributed by atoms with Gasteiger partial charge in [-0.2, -0.15) is 0 Å². The summed E-state index contributed by atoms with van der Waals surface area (Å²) in [5.74, 6) is -0.805. The Labute approximate surface area is 143 Å². The van der Waals surface area contributed by atoms with Crippen molar-refractivity contribution in [3.8, 4) is 0 Å². The first-order valence-corrected chi connectivity index (χ1v) is 9.74. The molecule has 8 heteroatoms. The molecule has 4 atom stereocenters. The Kier molecular flexibility index (Phi) is 4.07. The van der Waals surface area contributed by atoms with Gasteiger partial charge in [0.1, 0.15) is 0 Å². The van der Waals surface area contributed by atoms with Gasteiger partial charge in [-0.3, -0.25) is 9.59 Å². The van der Waals surface area contributed by atoms with Crippen LogP contribution in [0.5, 0.6) is 0 Å². The van der Waals surface area contributed by atoms with Gasteiger partial charge < -0.3 is 20.0 Å². The number of allylic oxidation sites excluding steroid dienone is 2. The summed E-state index contributed by atoms with van der Waals surface area (Å²) < 4.78 is 0. The minimum atomic E-state index is -1.30. The van der Waals surface area contributed by atoms with Crippen LogP contribution in [0.3, 0.4) is 0 Å². The van der Waals surface area contributed by atoms with Crippen molar-refractivity contribution in [3.05, 3.63) is 23.8 Å². The van der Waals surface area contributed by atoms with Crippen molar-refractivity contribution in [1.29, 1.82) is 0 Å². The molecule has 0 spiro atoms. The number of fused-ring (bicyclic) bond motifs is 3. The number of rotatable bonds is 3. The minimum absolute atomic E-state index is 0.232.